The Morgan fingerprint density at radius 2 is 0.837 bits per heavy atom. The van der Waals surface area contributed by atoms with Crippen LogP contribution in [0, 0.1) is 0 Å². The Kier molecular flexibility index (Phi) is 6.18. The van der Waals surface area contributed by atoms with Gasteiger partial charge >= 0.3 is 0 Å². The van der Waals surface area contributed by atoms with E-state index in [4.69, 9.17) is 0 Å². The van der Waals surface area contributed by atoms with Gasteiger partial charge in [0.25, 0.3) is 0 Å². The summed E-state index contributed by atoms with van der Waals surface area (Å²) in [5, 5.41) is 7.50. The number of nitrogens with zero attached hydrogens (tertiary/aromatic N) is 3. The van der Waals surface area contributed by atoms with Crippen molar-refractivity contribution in [2.45, 2.75) is 0 Å². The summed E-state index contributed by atoms with van der Waals surface area (Å²) in [6.07, 6.45) is 0. The van der Waals surface area contributed by atoms with Gasteiger partial charge in [-0.25, -0.2) is 0 Å². The summed E-state index contributed by atoms with van der Waals surface area (Å²) < 4.78 is 4.92. The maximum Gasteiger partial charge on any atom is 0.0641 e. The highest BCUT2D eigenvalue weighted by Gasteiger charge is 2.22. The van der Waals surface area contributed by atoms with Gasteiger partial charge in [-0.2, -0.15) is 0 Å². The van der Waals surface area contributed by atoms with E-state index in [1.807, 2.05) is 0 Å². The minimum Gasteiger partial charge on any atom is -0.311 e. The second kappa shape index (κ2) is 11.0. The lowest BCUT2D eigenvalue weighted by atomic mass is 10.0. The lowest BCUT2D eigenvalue weighted by Crippen LogP contribution is -2.09. The van der Waals surface area contributed by atoms with E-state index in [2.05, 4.69) is 202 Å². The van der Waals surface area contributed by atoms with Gasteiger partial charge in [-0.1, -0.05) is 115 Å². The van der Waals surface area contributed by atoms with E-state index in [1.165, 1.54) is 54.4 Å². The van der Waals surface area contributed by atoms with Gasteiger partial charge in [0.1, 0.15) is 0 Å². The zero-order valence-electron chi connectivity index (χ0n) is 26.7. The number of anilines is 3. The predicted molar refractivity (Wildman–Crippen MR) is 207 cm³/mol. The Morgan fingerprint density at radius 1 is 0.306 bits per heavy atom. The van der Waals surface area contributed by atoms with Gasteiger partial charge in [0.15, 0.2) is 0 Å². The van der Waals surface area contributed by atoms with Crippen LogP contribution < -0.4 is 4.90 Å². The van der Waals surface area contributed by atoms with E-state index in [1.54, 1.807) is 0 Å². The van der Waals surface area contributed by atoms with E-state index in [-0.39, 0.29) is 0 Å². The molecule has 0 aliphatic carbocycles. The number of hydrogen-bond acceptors (Lipinski definition) is 1. The summed E-state index contributed by atoms with van der Waals surface area (Å²) in [4.78, 5) is 2.31. The van der Waals surface area contributed by atoms with Crippen molar-refractivity contribution in [1.29, 1.82) is 0 Å². The Hall–Kier alpha value is -6.58. The number of para-hydroxylation sites is 4. The zero-order chi connectivity index (χ0) is 32.3. The highest BCUT2D eigenvalue weighted by Crippen LogP contribution is 2.44. The van der Waals surface area contributed by atoms with Gasteiger partial charge in [-0.05, 0) is 78.2 Å². The predicted octanol–water partition coefficient (Wildman–Crippen LogP) is 12.5. The normalized spacial score (nSPS) is 11.7. The molecule has 0 unspecified atom stereocenters. The fourth-order valence-corrected chi connectivity index (χ4v) is 7.78. The fraction of sp³-hybridized carbons (Fsp3) is 0. The van der Waals surface area contributed by atoms with Crippen molar-refractivity contribution in [1.82, 2.24) is 9.13 Å². The summed E-state index contributed by atoms with van der Waals surface area (Å²) in [7, 11) is 0. The molecule has 3 nitrogen and oxygen atoms in total. The van der Waals surface area contributed by atoms with Crippen molar-refractivity contribution in [3.63, 3.8) is 0 Å². The molecule has 10 rings (SSSR count). The third kappa shape index (κ3) is 4.23. The van der Waals surface area contributed by atoms with Gasteiger partial charge in [0, 0.05) is 55.4 Å². The standard InChI is InChI=1S/C46H31N3/c1-4-15-33(16-5-1)47(34-17-6-2-7-18-34)36-25-27-37(28-26-36)49-43-31-30-40-39-22-12-13-23-42(39)48(35-19-8-3-9-20-35)46(40)44(43)41-29-24-32-14-10-11-21-38(32)45(41)49/h1-31H. The van der Waals surface area contributed by atoms with Crippen LogP contribution in [0.3, 0.4) is 0 Å². The van der Waals surface area contributed by atoms with Crippen LogP contribution in [0.25, 0.3) is 65.8 Å². The molecule has 10 aromatic rings. The first-order chi connectivity index (χ1) is 24.3. The molecule has 0 aliphatic heterocycles. The smallest absolute Gasteiger partial charge is 0.0641 e. The van der Waals surface area contributed by atoms with Crippen molar-refractivity contribution in [3.05, 3.63) is 188 Å². The summed E-state index contributed by atoms with van der Waals surface area (Å²) in [6.45, 7) is 0. The molecule has 0 fully saturated rings. The number of benzene rings is 8. The first-order valence-electron chi connectivity index (χ1n) is 16.8. The summed E-state index contributed by atoms with van der Waals surface area (Å²) in [5.41, 5.74) is 10.5. The van der Waals surface area contributed by atoms with Crippen LogP contribution in [0.1, 0.15) is 0 Å². The van der Waals surface area contributed by atoms with Crippen LogP contribution in [0.15, 0.2) is 188 Å². The van der Waals surface area contributed by atoms with E-state index in [9.17, 15) is 0 Å². The molecular weight excluding hydrogens is 595 g/mol. The second-order valence-electron chi connectivity index (χ2n) is 12.6. The molecule has 8 aromatic carbocycles. The van der Waals surface area contributed by atoms with Crippen LogP contribution >= 0.6 is 0 Å². The van der Waals surface area contributed by atoms with Crippen molar-refractivity contribution < 1.29 is 0 Å². The first kappa shape index (κ1) is 27.5. The minimum atomic E-state index is 1.11. The lowest BCUT2D eigenvalue weighted by molar-refractivity contribution is 1.17. The molecule has 49 heavy (non-hydrogen) atoms. The third-order valence-electron chi connectivity index (χ3n) is 9.86. The van der Waals surface area contributed by atoms with Gasteiger partial charge in [-0.3, -0.25) is 0 Å². The van der Waals surface area contributed by atoms with Gasteiger partial charge in [0.2, 0.25) is 0 Å². The first-order valence-corrected chi connectivity index (χ1v) is 16.8. The molecule has 0 atom stereocenters. The monoisotopic (exact) mass is 625 g/mol. The average Bonchev–Trinajstić information content (AvgIpc) is 3.70. The highest BCUT2D eigenvalue weighted by atomic mass is 15.1. The summed E-state index contributed by atoms with van der Waals surface area (Å²) in [5.74, 6) is 0. The van der Waals surface area contributed by atoms with E-state index in [0.29, 0.717) is 0 Å². The summed E-state index contributed by atoms with van der Waals surface area (Å²) in [6, 6.07) is 67.8. The maximum absolute atomic E-state index is 2.47. The van der Waals surface area contributed by atoms with Crippen molar-refractivity contribution in [2.75, 3.05) is 4.90 Å². The van der Waals surface area contributed by atoms with Gasteiger partial charge in [-0.15, -0.1) is 0 Å². The average molecular weight is 626 g/mol. The molecule has 2 aromatic heterocycles. The van der Waals surface area contributed by atoms with Crippen LogP contribution in [0.5, 0.6) is 0 Å². The quantitative estimate of drug-likeness (QED) is 0.185. The molecule has 0 saturated heterocycles. The molecule has 3 heteroatoms. The van der Waals surface area contributed by atoms with Crippen molar-refractivity contribution in [2.24, 2.45) is 0 Å². The van der Waals surface area contributed by atoms with Gasteiger partial charge in [0.05, 0.1) is 22.1 Å². The molecule has 0 amide bonds. The van der Waals surface area contributed by atoms with Crippen LogP contribution in [-0.4, -0.2) is 9.13 Å². The zero-order valence-corrected chi connectivity index (χ0v) is 26.7. The molecule has 0 saturated carbocycles. The lowest BCUT2D eigenvalue weighted by Gasteiger charge is -2.25. The Labute approximate surface area is 284 Å². The minimum absolute atomic E-state index is 1.11. The molecule has 230 valence electrons. The largest absolute Gasteiger partial charge is 0.311 e. The van der Waals surface area contributed by atoms with Crippen molar-refractivity contribution in [3.8, 4) is 11.4 Å². The van der Waals surface area contributed by atoms with Crippen LogP contribution in [0.2, 0.25) is 0 Å². The van der Waals surface area contributed by atoms with Crippen molar-refractivity contribution >= 4 is 71.4 Å². The number of fused-ring (bicyclic) bond motifs is 9. The Bertz CT molecular complexity index is 2750. The number of rotatable bonds is 5. The molecule has 0 radical (unpaired) electrons. The molecule has 0 bridgehead atoms. The third-order valence-corrected chi connectivity index (χ3v) is 9.86. The van der Waals surface area contributed by atoms with Gasteiger partial charge < -0.3 is 14.0 Å². The summed E-state index contributed by atoms with van der Waals surface area (Å²) >= 11 is 0. The fourth-order valence-electron chi connectivity index (χ4n) is 7.78. The Balaban J connectivity index is 1.28. The maximum atomic E-state index is 2.47. The SMILES string of the molecule is c1ccc(N(c2ccccc2)c2ccc(-n3c4ccc5c6ccccc6n(-c6ccccc6)c5c4c4ccc5ccccc5c43)cc2)cc1. The van der Waals surface area contributed by atoms with Crippen LogP contribution in [0.4, 0.5) is 17.1 Å². The van der Waals surface area contributed by atoms with Crippen LogP contribution in [-0.2, 0) is 0 Å². The highest BCUT2D eigenvalue weighted by molar-refractivity contribution is 6.29. The molecular formula is C46H31N3. The Morgan fingerprint density at radius 3 is 1.55 bits per heavy atom. The molecule has 2 heterocycles. The van der Waals surface area contributed by atoms with E-state index in [0.717, 1.165) is 28.4 Å². The van der Waals surface area contributed by atoms with E-state index >= 15 is 0 Å². The topological polar surface area (TPSA) is 13.1 Å². The molecule has 0 aliphatic rings. The second-order valence-corrected chi connectivity index (χ2v) is 12.6. The number of aromatic nitrogens is 2. The molecule has 0 spiro atoms. The molecule has 0 N–H and O–H groups in total. The van der Waals surface area contributed by atoms with E-state index < -0.39 is 0 Å². The number of hydrogen-bond donors (Lipinski definition) is 0.